The Morgan fingerprint density at radius 1 is 1.06 bits per heavy atom. The molecule has 0 bridgehead atoms. The molecular formula is C28H31NO3. The van der Waals surface area contributed by atoms with Crippen LogP contribution in [0.25, 0.3) is 0 Å². The van der Waals surface area contributed by atoms with Crippen LogP contribution in [0.2, 0.25) is 0 Å². The van der Waals surface area contributed by atoms with Crippen LogP contribution < -0.4 is 0 Å². The Kier molecular flexibility index (Phi) is 6.11. The fraction of sp³-hybridized carbons (Fsp3) is 0.429. The summed E-state index contributed by atoms with van der Waals surface area (Å²) >= 11 is 0. The molecule has 1 amide bonds. The van der Waals surface area contributed by atoms with Gasteiger partial charge in [0.05, 0.1) is 0 Å². The molecule has 0 spiro atoms. The van der Waals surface area contributed by atoms with E-state index in [0.29, 0.717) is 19.0 Å². The number of ketones is 1. The predicted molar refractivity (Wildman–Crippen MR) is 126 cm³/mol. The summed E-state index contributed by atoms with van der Waals surface area (Å²) in [6.45, 7) is 7.04. The molecule has 2 aromatic carbocycles. The van der Waals surface area contributed by atoms with Gasteiger partial charge in [-0.15, -0.1) is 12.3 Å². The number of hydrogen-bond acceptors (Lipinski definition) is 3. The molecule has 1 atom stereocenters. The van der Waals surface area contributed by atoms with Gasteiger partial charge in [0.1, 0.15) is 5.60 Å². The quantitative estimate of drug-likeness (QED) is 0.593. The number of carbonyl (C=O) groups excluding carboxylic acids is 2. The van der Waals surface area contributed by atoms with Crippen LogP contribution in [-0.2, 0) is 4.74 Å². The van der Waals surface area contributed by atoms with Gasteiger partial charge < -0.3 is 9.64 Å². The topological polar surface area (TPSA) is 46.6 Å². The molecule has 1 fully saturated rings. The molecule has 0 saturated carbocycles. The van der Waals surface area contributed by atoms with Crippen LogP contribution >= 0.6 is 0 Å². The average molecular weight is 430 g/mol. The Labute approximate surface area is 191 Å². The van der Waals surface area contributed by atoms with E-state index < -0.39 is 5.60 Å². The predicted octanol–water partition coefficient (Wildman–Crippen LogP) is 5.65. The SMILES string of the molecule is C#C[C@H](CC1CCN(C(=O)OC(C)(C)C)CC1)C1c2ccccc2C(=O)c2ccccc21. The molecule has 166 valence electrons. The number of rotatable bonds is 3. The molecular weight excluding hydrogens is 398 g/mol. The highest BCUT2D eigenvalue weighted by Gasteiger charge is 2.36. The first kappa shape index (κ1) is 22.1. The summed E-state index contributed by atoms with van der Waals surface area (Å²) in [4.78, 5) is 27.2. The van der Waals surface area contributed by atoms with Gasteiger partial charge >= 0.3 is 6.09 Å². The van der Waals surface area contributed by atoms with E-state index >= 15 is 0 Å². The largest absolute Gasteiger partial charge is 0.444 e. The summed E-state index contributed by atoms with van der Waals surface area (Å²) in [5, 5.41) is 0. The second kappa shape index (κ2) is 8.82. The fourth-order valence-electron chi connectivity index (χ4n) is 5.03. The van der Waals surface area contributed by atoms with Gasteiger partial charge in [0.2, 0.25) is 0 Å². The summed E-state index contributed by atoms with van der Waals surface area (Å²) < 4.78 is 5.52. The molecule has 0 N–H and O–H groups in total. The molecule has 4 heteroatoms. The lowest BCUT2D eigenvalue weighted by atomic mass is 9.69. The number of hydrogen-bond donors (Lipinski definition) is 0. The lowest BCUT2D eigenvalue weighted by Gasteiger charge is -2.36. The van der Waals surface area contributed by atoms with Gasteiger partial charge in [0.25, 0.3) is 0 Å². The van der Waals surface area contributed by atoms with Crippen LogP contribution in [0.4, 0.5) is 4.79 Å². The number of fused-ring (bicyclic) bond motifs is 2. The van der Waals surface area contributed by atoms with E-state index in [2.05, 4.69) is 5.92 Å². The Morgan fingerprint density at radius 2 is 1.59 bits per heavy atom. The van der Waals surface area contributed by atoms with Crippen LogP contribution in [0.5, 0.6) is 0 Å². The van der Waals surface area contributed by atoms with Crippen molar-refractivity contribution in [2.24, 2.45) is 11.8 Å². The maximum absolute atomic E-state index is 13.1. The van der Waals surface area contributed by atoms with E-state index in [4.69, 9.17) is 11.2 Å². The Balaban J connectivity index is 1.51. The molecule has 1 aliphatic heterocycles. The number of benzene rings is 2. The van der Waals surface area contributed by atoms with Crippen LogP contribution in [0, 0.1) is 24.2 Å². The smallest absolute Gasteiger partial charge is 0.410 e. The van der Waals surface area contributed by atoms with Crippen LogP contribution in [-0.4, -0.2) is 35.5 Å². The van der Waals surface area contributed by atoms with Crippen molar-refractivity contribution in [3.8, 4) is 12.3 Å². The number of ether oxygens (including phenoxy) is 1. The zero-order valence-corrected chi connectivity index (χ0v) is 19.1. The van der Waals surface area contributed by atoms with Gasteiger partial charge in [-0.3, -0.25) is 4.79 Å². The summed E-state index contributed by atoms with van der Waals surface area (Å²) in [6, 6.07) is 15.7. The van der Waals surface area contributed by atoms with Gasteiger partial charge in [-0.2, -0.15) is 0 Å². The van der Waals surface area contributed by atoms with Crippen LogP contribution in [0.3, 0.4) is 0 Å². The van der Waals surface area contributed by atoms with Crippen molar-refractivity contribution < 1.29 is 14.3 Å². The Bertz CT molecular complexity index is 1000. The van der Waals surface area contributed by atoms with Crippen molar-refractivity contribution in [2.45, 2.75) is 51.6 Å². The van der Waals surface area contributed by atoms with Crippen LogP contribution in [0.15, 0.2) is 48.5 Å². The molecule has 1 heterocycles. The van der Waals surface area contributed by atoms with Crippen molar-refractivity contribution >= 4 is 11.9 Å². The van der Waals surface area contributed by atoms with E-state index in [1.54, 1.807) is 4.90 Å². The Morgan fingerprint density at radius 3 is 2.09 bits per heavy atom. The first-order valence-corrected chi connectivity index (χ1v) is 11.4. The molecule has 0 aromatic heterocycles. The summed E-state index contributed by atoms with van der Waals surface area (Å²) in [5.41, 5.74) is 3.10. The first-order valence-electron chi connectivity index (χ1n) is 11.4. The number of likely N-dealkylation sites (tertiary alicyclic amines) is 1. The number of terminal acetylenes is 1. The Hall–Kier alpha value is -3.06. The van der Waals surface area contributed by atoms with Gasteiger partial charge in [-0.1, -0.05) is 48.5 Å². The standard InChI is InChI=1S/C28H31NO3/c1-5-20(18-19-14-16-29(17-15-19)27(31)32-28(2,3)4)25-21-10-6-8-12-23(21)26(30)24-13-9-7-11-22(24)25/h1,6-13,19-20,25H,14-18H2,2-4H3/t20-/m1/s1. The van der Waals surface area contributed by atoms with Gasteiger partial charge in [0.15, 0.2) is 5.78 Å². The van der Waals surface area contributed by atoms with E-state index in [-0.39, 0.29) is 23.7 Å². The van der Waals surface area contributed by atoms with E-state index in [9.17, 15) is 9.59 Å². The second-order valence-corrected chi connectivity index (χ2v) is 9.90. The van der Waals surface area contributed by atoms with Gasteiger partial charge in [-0.25, -0.2) is 4.79 Å². The lowest BCUT2D eigenvalue weighted by molar-refractivity contribution is 0.0177. The number of nitrogens with zero attached hydrogens (tertiary/aromatic N) is 1. The molecule has 2 aliphatic rings. The number of piperidine rings is 1. The molecule has 1 saturated heterocycles. The molecule has 2 aromatic rings. The highest BCUT2D eigenvalue weighted by Crippen LogP contribution is 2.43. The minimum Gasteiger partial charge on any atom is -0.444 e. The monoisotopic (exact) mass is 429 g/mol. The molecule has 4 rings (SSSR count). The van der Waals surface area contributed by atoms with Crippen LogP contribution in [0.1, 0.15) is 73.0 Å². The number of amides is 1. The third-order valence-electron chi connectivity index (χ3n) is 6.55. The van der Waals surface area contributed by atoms with Crippen molar-refractivity contribution in [3.05, 3.63) is 70.8 Å². The summed E-state index contributed by atoms with van der Waals surface area (Å²) in [7, 11) is 0. The zero-order chi connectivity index (χ0) is 22.9. The molecule has 32 heavy (non-hydrogen) atoms. The van der Waals surface area contributed by atoms with E-state index in [0.717, 1.165) is 41.5 Å². The second-order valence-electron chi connectivity index (χ2n) is 9.90. The molecule has 4 nitrogen and oxygen atoms in total. The molecule has 0 unspecified atom stereocenters. The van der Waals surface area contributed by atoms with E-state index in [1.807, 2.05) is 69.3 Å². The highest BCUT2D eigenvalue weighted by molar-refractivity contribution is 6.12. The zero-order valence-electron chi connectivity index (χ0n) is 19.1. The fourth-order valence-corrected chi connectivity index (χ4v) is 5.03. The summed E-state index contributed by atoms with van der Waals surface area (Å²) in [6.07, 6.45) is 8.55. The maximum Gasteiger partial charge on any atom is 0.410 e. The van der Waals surface area contributed by atoms with Gasteiger partial charge in [0, 0.05) is 36.1 Å². The van der Waals surface area contributed by atoms with Crippen molar-refractivity contribution in [1.29, 1.82) is 0 Å². The van der Waals surface area contributed by atoms with Crippen molar-refractivity contribution in [1.82, 2.24) is 4.90 Å². The van der Waals surface area contributed by atoms with Crippen molar-refractivity contribution in [3.63, 3.8) is 0 Å². The molecule has 1 aliphatic carbocycles. The third kappa shape index (κ3) is 4.43. The van der Waals surface area contributed by atoms with Crippen molar-refractivity contribution in [2.75, 3.05) is 13.1 Å². The highest BCUT2D eigenvalue weighted by atomic mass is 16.6. The number of carbonyl (C=O) groups is 2. The van der Waals surface area contributed by atoms with E-state index in [1.165, 1.54) is 0 Å². The maximum atomic E-state index is 13.1. The third-order valence-corrected chi connectivity index (χ3v) is 6.55. The lowest BCUT2D eigenvalue weighted by Crippen LogP contribution is -2.42. The molecule has 0 radical (unpaired) electrons. The van der Waals surface area contributed by atoms with Gasteiger partial charge in [-0.05, 0) is 57.1 Å². The normalized spacial score (nSPS) is 17.8. The average Bonchev–Trinajstić information content (AvgIpc) is 2.78. The minimum absolute atomic E-state index is 0.00832. The first-order chi connectivity index (χ1) is 15.3. The minimum atomic E-state index is -0.484. The summed E-state index contributed by atoms with van der Waals surface area (Å²) in [5.74, 6) is 3.58.